The molecule has 2 aliphatic rings. The number of benzene rings is 7. The van der Waals surface area contributed by atoms with Gasteiger partial charge in [0.2, 0.25) is 11.4 Å². The Balaban J connectivity index is 1.44. The van der Waals surface area contributed by atoms with Crippen molar-refractivity contribution < 1.29 is 33.1 Å². The molecule has 9 aromatic rings. The van der Waals surface area contributed by atoms with E-state index in [0.29, 0.717) is 28.3 Å². The summed E-state index contributed by atoms with van der Waals surface area (Å²) in [4.78, 5) is 15.3. The van der Waals surface area contributed by atoms with Crippen LogP contribution in [0.3, 0.4) is 0 Å². The fourth-order valence-corrected chi connectivity index (χ4v) is 12.2. The van der Waals surface area contributed by atoms with E-state index in [-0.39, 0.29) is 10.8 Å². The number of ether oxygens (including phenoxy) is 5. The van der Waals surface area contributed by atoms with Crippen LogP contribution in [0.4, 0.5) is 0 Å². The minimum Gasteiger partial charge on any atom is -0.497 e. The highest BCUT2D eigenvalue weighted by Gasteiger charge is 2.63. The van der Waals surface area contributed by atoms with E-state index in [4.69, 9.17) is 23.7 Å². The number of allylic oxidation sites excluding steroid dienone is 1. The molecule has 0 saturated heterocycles. The standard InChI is InChI=1S/C66H61N2O6S/c1-64(2,3)46-30-21-41(22-31-46)55-54(40-17-13-12-14-18-40)59(43-25-34-48(70-7)35-26-43)67-61(55)57(45-29-38-53-51(39-45)50-19-15-16-20-52(50)75-53)62-56(42-23-32-47(33-24-42)65(4,5)6)58(63(69)72-9)60(68(62)66(67,73-10)74-11)44-27-36-49(71-8)37-28-44/h12-39H,1-11H3/q+1. The van der Waals surface area contributed by atoms with Gasteiger partial charge in [-0.15, -0.1) is 15.9 Å². The van der Waals surface area contributed by atoms with Gasteiger partial charge in [-0.1, -0.05) is 145 Å². The number of hydrogen-bond acceptors (Lipinski definition) is 7. The van der Waals surface area contributed by atoms with Crippen LogP contribution in [0, 0.1) is 0 Å². The van der Waals surface area contributed by atoms with Crippen molar-refractivity contribution >= 4 is 54.3 Å². The van der Waals surface area contributed by atoms with Crippen molar-refractivity contribution in [3.8, 4) is 45.0 Å². The summed E-state index contributed by atoms with van der Waals surface area (Å²) in [5, 5.41) is 2.29. The molecule has 0 N–H and O–H groups in total. The molecule has 0 atom stereocenters. The lowest BCUT2D eigenvalue weighted by Crippen LogP contribution is -2.52. The number of thiophene rings is 1. The molecule has 4 heterocycles. The van der Waals surface area contributed by atoms with Gasteiger partial charge in [0.25, 0.3) is 0 Å². The maximum atomic E-state index is 15.3. The van der Waals surface area contributed by atoms with Gasteiger partial charge in [-0.25, -0.2) is 9.36 Å². The zero-order valence-corrected chi connectivity index (χ0v) is 45.2. The first-order valence-electron chi connectivity index (χ1n) is 25.3. The van der Waals surface area contributed by atoms with Gasteiger partial charge in [0, 0.05) is 51.1 Å². The molecule has 376 valence electrons. The Kier molecular flexibility index (Phi) is 12.4. The van der Waals surface area contributed by atoms with E-state index in [9.17, 15) is 0 Å². The molecule has 11 rings (SSSR count). The molecular weight excluding hydrogens is 949 g/mol. The molecule has 2 aromatic heterocycles. The van der Waals surface area contributed by atoms with Gasteiger partial charge < -0.3 is 14.2 Å². The van der Waals surface area contributed by atoms with Crippen molar-refractivity contribution in [2.45, 2.75) is 58.4 Å². The van der Waals surface area contributed by atoms with Crippen molar-refractivity contribution in [1.82, 2.24) is 4.57 Å². The second-order valence-electron chi connectivity index (χ2n) is 21.2. The molecule has 8 nitrogen and oxygen atoms in total. The topological polar surface area (TPSA) is 71.2 Å². The molecule has 0 bridgehead atoms. The summed E-state index contributed by atoms with van der Waals surface area (Å²) in [6.07, 6.45) is 0. The Bertz CT molecular complexity index is 3780. The fourth-order valence-electron chi connectivity index (χ4n) is 11.1. The van der Waals surface area contributed by atoms with Crippen LogP contribution >= 0.6 is 11.3 Å². The summed E-state index contributed by atoms with van der Waals surface area (Å²) in [6, 6.07) is 57.7. The molecule has 75 heavy (non-hydrogen) atoms. The monoisotopic (exact) mass is 1010 g/mol. The quantitative estimate of drug-likeness (QED) is 0.0730. The molecule has 2 aliphatic heterocycles. The second-order valence-corrected chi connectivity index (χ2v) is 22.3. The van der Waals surface area contributed by atoms with Crippen LogP contribution in [0.25, 0.3) is 64.8 Å². The Morgan fingerprint density at radius 2 is 0.987 bits per heavy atom. The summed E-state index contributed by atoms with van der Waals surface area (Å²) < 4.78 is 38.5. The van der Waals surface area contributed by atoms with Crippen LogP contribution in [0.15, 0.2) is 181 Å². The number of methoxy groups -OCH3 is 5. The number of carbonyl (C=O) groups is 1. The van der Waals surface area contributed by atoms with Crippen LogP contribution in [0.5, 0.6) is 11.5 Å². The van der Waals surface area contributed by atoms with Crippen molar-refractivity contribution in [1.29, 1.82) is 0 Å². The number of aromatic nitrogens is 1. The van der Waals surface area contributed by atoms with Gasteiger partial charge >= 0.3 is 12.0 Å². The third-order valence-corrected chi connectivity index (χ3v) is 16.0. The van der Waals surface area contributed by atoms with Gasteiger partial charge in [0.05, 0.1) is 43.9 Å². The van der Waals surface area contributed by atoms with Gasteiger partial charge in [-0.2, -0.15) is 0 Å². The Hall–Kier alpha value is -7.82. The Morgan fingerprint density at radius 3 is 1.55 bits per heavy atom. The second kappa shape index (κ2) is 18.8. The van der Waals surface area contributed by atoms with Crippen LogP contribution in [-0.4, -0.2) is 56.4 Å². The summed E-state index contributed by atoms with van der Waals surface area (Å²) >= 11 is 1.78. The van der Waals surface area contributed by atoms with Crippen LogP contribution in [0.1, 0.15) is 75.1 Å². The summed E-state index contributed by atoms with van der Waals surface area (Å²) in [7, 11) is 8.13. The highest BCUT2D eigenvalue weighted by molar-refractivity contribution is 7.25. The van der Waals surface area contributed by atoms with Crippen molar-refractivity contribution in [3.63, 3.8) is 0 Å². The molecule has 9 heteroatoms. The van der Waals surface area contributed by atoms with Crippen molar-refractivity contribution in [2.75, 3.05) is 35.5 Å². The molecule has 0 fully saturated rings. The average molecular weight is 1010 g/mol. The number of fused-ring (bicyclic) bond motifs is 5. The van der Waals surface area contributed by atoms with E-state index in [1.807, 2.05) is 36.4 Å². The Morgan fingerprint density at radius 1 is 0.493 bits per heavy atom. The van der Waals surface area contributed by atoms with Crippen LogP contribution < -0.4 is 9.47 Å². The third-order valence-electron chi connectivity index (χ3n) is 14.8. The molecule has 0 amide bonds. The fraction of sp³-hybridized carbons (Fsp3) is 0.212. The number of esters is 1. The van der Waals surface area contributed by atoms with E-state index in [2.05, 4.69) is 184 Å². The molecule has 0 spiro atoms. The molecule has 0 radical (unpaired) electrons. The maximum Gasteiger partial charge on any atom is 0.492 e. The highest BCUT2D eigenvalue weighted by Crippen LogP contribution is 2.58. The first kappa shape index (κ1) is 49.4. The smallest absolute Gasteiger partial charge is 0.492 e. The molecular formula is C66H61N2O6S+. The summed E-state index contributed by atoms with van der Waals surface area (Å²) in [5.41, 5.74) is 14.2. The average Bonchev–Trinajstić information content (AvgIpc) is 4.11. The first-order chi connectivity index (χ1) is 36.1. The van der Waals surface area contributed by atoms with Crippen molar-refractivity contribution in [2.24, 2.45) is 0 Å². The first-order valence-corrected chi connectivity index (χ1v) is 26.1. The normalized spacial score (nSPS) is 14.4. The predicted molar refractivity (Wildman–Crippen MR) is 305 cm³/mol. The molecule has 0 saturated carbocycles. The number of carbonyl (C=O) groups excluding carboxylic acids is 1. The van der Waals surface area contributed by atoms with E-state index in [1.54, 1.807) is 39.8 Å². The summed E-state index contributed by atoms with van der Waals surface area (Å²) in [6.45, 7) is 13.3. The van der Waals surface area contributed by atoms with Crippen LogP contribution in [0.2, 0.25) is 0 Å². The van der Waals surface area contributed by atoms with Crippen LogP contribution in [-0.2, 0) is 35.9 Å². The highest BCUT2D eigenvalue weighted by atomic mass is 32.1. The lowest BCUT2D eigenvalue weighted by Gasteiger charge is -2.36. The number of rotatable bonds is 11. The number of hydrogen-bond donors (Lipinski definition) is 0. The zero-order chi connectivity index (χ0) is 52.6. The Labute approximate surface area is 443 Å². The molecule has 0 aliphatic carbocycles. The van der Waals surface area contributed by atoms with Gasteiger partial charge in [-0.3, -0.25) is 9.47 Å². The van der Waals surface area contributed by atoms with Gasteiger partial charge in [0.1, 0.15) is 17.1 Å². The summed E-state index contributed by atoms with van der Waals surface area (Å²) in [5.74, 6) is 0.871. The molecule has 0 unspecified atom stereocenters. The lowest BCUT2D eigenvalue weighted by molar-refractivity contribution is -0.719. The lowest BCUT2D eigenvalue weighted by atomic mass is 9.83. The SMILES string of the molecule is COC(=O)C1=C(c2ccc(C(C)(C)C)cc2)C2=C(c3ccc4sc5ccccc5c4c3)c3c(-c4ccc(C(C)(C)C)cc4)c(-c4ccccc4)c(-c4ccc(OC)cc4)n3C(OC)(OC)[N+]2=C1c1ccc(OC)cc1. The van der Waals surface area contributed by atoms with E-state index < -0.39 is 12.0 Å². The largest absolute Gasteiger partial charge is 0.497 e. The minimum absolute atomic E-state index is 0.104. The van der Waals surface area contributed by atoms with E-state index in [0.717, 1.165) is 78.2 Å². The van der Waals surface area contributed by atoms with E-state index >= 15 is 4.79 Å². The molecule has 7 aromatic carbocycles. The van der Waals surface area contributed by atoms with Gasteiger partial charge in [-0.05, 0) is 117 Å². The van der Waals surface area contributed by atoms with Crippen molar-refractivity contribution in [3.05, 3.63) is 215 Å². The van der Waals surface area contributed by atoms with Gasteiger partial charge in [0.15, 0.2) is 0 Å². The number of nitrogens with zero attached hydrogens (tertiary/aromatic N) is 2. The third kappa shape index (κ3) is 8.04. The minimum atomic E-state index is -1.82. The zero-order valence-electron chi connectivity index (χ0n) is 44.4. The maximum absolute atomic E-state index is 15.3. The predicted octanol–water partition coefficient (Wildman–Crippen LogP) is 15.2. The van der Waals surface area contributed by atoms with E-state index in [1.165, 1.54) is 27.5 Å².